The van der Waals surface area contributed by atoms with Gasteiger partial charge in [0.25, 0.3) is 0 Å². The van der Waals surface area contributed by atoms with Gasteiger partial charge in [0.05, 0.1) is 34.7 Å². The lowest BCUT2D eigenvalue weighted by Gasteiger charge is -2.40. The predicted molar refractivity (Wildman–Crippen MR) is 76.6 cm³/mol. The quantitative estimate of drug-likeness (QED) is 0.644. The summed E-state index contributed by atoms with van der Waals surface area (Å²) in [5.41, 5.74) is -0.0773. The van der Waals surface area contributed by atoms with E-state index in [0.29, 0.717) is 13.0 Å². The van der Waals surface area contributed by atoms with E-state index in [1.165, 1.54) is 0 Å². The van der Waals surface area contributed by atoms with Gasteiger partial charge in [0, 0.05) is 13.0 Å². The lowest BCUT2D eigenvalue weighted by atomic mass is 9.74. The van der Waals surface area contributed by atoms with E-state index in [1.807, 2.05) is 0 Å². The molecule has 1 aromatic rings. The molecule has 7 nitrogen and oxygen atoms in total. The molecule has 4 N–H and O–H groups in total. The van der Waals surface area contributed by atoms with Crippen molar-refractivity contribution in [2.24, 2.45) is 5.41 Å². The molecule has 0 aromatic carbocycles. The summed E-state index contributed by atoms with van der Waals surface area (Å²) in [6.07, 6.45) is 2.11. The van der Waals surface area contributed by atoms with Crippen LogP contribution in [0, 0.1) is 5.41 Å². The number of amides is 1. The van der Waals surface area contributed by atoms with Crippen LogP contribution < -0.4 is 10.6 Å². The third kappa shape index (κ3) is 2.78. The molecule has 1 amide bonds. The van der Waals surface area contributed by atoms with Crippen LogP contribution in [0.3, 0.4) is 0 Å². The Balaban J connectivity index is 2.07. The summed E-state index contributed by atoms with van der Waals surface area (Å²) in [5, 5.41) is 15.3. The van der Waals surface area contributed by atoms with Crippen LogP contribution in [-0.4, -0.2) is 38.5 Å². The summed E-state index contributed by atoms with van der Waals surface area (Å²) in [6.45, 7) is 7.21. The van der Waals surface area contributed by atoms with Crippen LogP contribution in [0.5, 0.6) is 0 Å². The van der Waals surface area contributed by atoms with E-state index in [2.05, 4.69) is 20.6 Å². The topological polar surface area (TPSA) is 107 Å². The molecule has 2 rings (SSSR count). The Labute approximate surface area is 123 Å². The molecule has 116 valence electrons. The summed E-state index contributed by atoms with van der Waals surface area (Å²) >= 11 is 0. The van der Waals surface area contributed by atoms with Crippen molar-refractivity contribution in [1.82, 2.24) is 20.6 Å². The molecule has 1 unspecified atom stereocenters. The number of carbonyl (C=O) groups is 2. The van der Waals surface area contributed by atoms with Gasteiger partial charge in [-0.1, -0.05) is 0 Å². The Morgan fingerprint density at radius 1 is 1.38 bits per heavy atom. The number of carboxylic acid groups (broad SMARTS) is 1. The molecule has 0 saturated carbocycles. The molecule has 1 atom stereocenters. The molecule has 0 fully saturated rings. The number of H-pyrrole nitrogens is 1. The van der Waals surface area contributed by atoms with Crippen molar-refractivity contribution >= 4 is 11.9 Å². The first kappa shape index (κ1) is 15.5. The highest BCUT2D eigenvalue weighted by Crippen LogP contribution is 2.31. The second-order valence-corrected chi connectivity index (χ2v) is 6.51. The zero-order valence-electron chi connectivity index (χ0n) is 12.8. The SMILES string of the molecule is CC(C)(NC(=O)C1Cc2nc[nH]c2CN1)C(C)(C)C(=O)O. The second-order valence-electron chi connectivity index (χ2n) is 6.51. The zero-order chi connectivity index (χ0) is 15.8. The third-order valence-electron chi connectivity index (χ3n) is 4.58. The fraction of sp³-hybridized carbons (Fsp3) is 0.643. The normalized spacial score (nSPS) is 19.0. The van der Waals surface area contributed by atoms with E-state index in [4.69, 9.17) is 0 Å². The average molecular weight is 294 g/mol. The maximum absolute atomic E-state index is 12.4. The first-order valence-electron chi connectivity index (χ1n) is 6.95. The van der Waals surface area contributed by atoms with E-state index in [1.54, 1.807) is 34.0 Å². The Hall–Kier alpha value is -1.89. The van der Waals surface area contributed by atoms with Gasteiger partial charge in [-0.3, -0.25) is 14.9 Å². The number of hydrogen-bond acceptors (Lipinski definition) is 4. The molecule has 21 heavy (non-hydrogen) atoms. The highest BCUT2D eigenvalue weighted by Gasteiger charge is 2.45. The Morgan fingerprint density at radius 2 is 2.05 bits per heavy atom. The van der Waals surface area contributed by atoms with Gasteiger partial charge < -0.3 is 15.4 Å². The smallest absolute Gasteiger partial charge is 0.311 e. The van der Waals surface area contributed by atoms with Gasteiger partial charge in [-0.15, -0.1) is 0 Å². The number of carboxylic acids is 1. The Morgan fingerprint density at radius 3 is 2.67 bits per heavy atom. The van der Waals surface area contributed by atoms with E-state index in [0.717, 1.165) is 11.4 Å². The largest absolute Gasteiger partial charge is 0.481 e. The summed E-state index contributed by atoms with van der Waals surface area (Å²) < 4.78 is 0. The standard InChI is InChI=1S/C14H22N4O3/c1-13(2,12(20)21)14(3,4)18-11(19)9-5-8-10(6-15-9)17-7-16-8/h7,9,15H,5-6H2,1-4H3,(H,16,17)(H,18,19)(H,20,21). The molecular weight excluding hydrogens is 272 g/mol. The van der Waals surface area contributed by atoms with Crippen LogP contribution in [0.15, 0.2) is 6.33 Å². The van der Waals surface area contributed by atoms with Gasteiger partial charge in [-0.05, 0) is 27.7 Å². The zero-order valence-corrected chi connectivity index (χ0v) is 12.8. The lowest BCUT2D eigenvalue weighted by molar-refractivity contribution is -0.152. The molecule has 1 aromatic heterocycles. The summed E-state index contributed by atoms with van der Waals surface area (Å²) in [5.74, 6) is -1.15. The van der Waals surface area contributed by atoms with Crippen molar-refractivity contribution in [3.63, 3.8) is 0 Å². The first-order chi connectivity index (χ1) is 9.65. The molecule has 0 saturated heterocycles. The number of hydrogen-bond donors (Lipinski definition) is 4. The van der Waals surface area contributed by atoms with Crippen LogP contribution in [0.25, 0.3) is 0 Å². The Bertz CT molecular complexity index is 562. The number of aromatic nitrogens is 2. The molecule has 2 heterocycles. The van der Waals surface area contributed by atoms with Crippen molar-refractivity contribution in [1.29, 1.82) is 0 Å². The third-order valence-corrected chi connectivity index (χ3v) is 4.58. The van der Waals surface area contributed by atoms with E-state index < -0.39 is 23.0 Å². The molecule has 0 bridgehead atoms. The number of imidazole rings is 1. The van der Waals surface area contributed by atoms with Crippen molar-refractivity contribution in [2.75, 3.05) is 0 Å². The number of aliphatic carboxylic acids is 1. The summed E-state index contributed by atoms with van der Waals surface area (Å²) in [7, 11) is 0. The minimum absolute atomic E-state index is 0.206. The van der Waals surface area contributed by atoms with Gasteiger partial charge in [-0.25, -0.2) is 4.98 Å². The molecule has 0 aliphatic carbocycles. The highest BCUT2D eigenvalue weighted by molar-refractivity contribution is 5.84. The second kappa shape index (κ2) is 5.14. The number of fused-ring (bicyclic) bond motifs is 1. The fourth-order valence-electron chi connectivity index (χ4n) is 2.17. The number of nitrogens with one attached hydrogen (secondary N) is 3. The molecule has 1 aliphatic heterocycles. The van der Waals surface area contributed by atoms with Crippen LogP contribution >= 0.6 is 0 Å². The maximum Gasteiger partial charge on any atom is 0.311 e. The van der Waals surface area contributed by atoms with Crippen molar-refractivity contribution in [3.05, 3.63) is 17.7 Å². The van der Waals surface area contributed by atoms with Gasteiger partial charge in [0.2, 0.25) is 5.91 Å². The van der Waals surface area contributed by atoms with E-state index in [-0.39, 0.29) is 5.91 Å². The number of carbonyl (C=O) groups excluding carboxylic acids is 1. The van der Waals surface area contributed by atoms with Crippen LogP contribution in [0.1, 0.15) is 39.1 Å². The van der Waals surface area contributed by atoms with Gasteiger partial charge in [0.15, 0.2) is 0 Å². The predicted octanol–water partition coefficient (Wildman–Crippen LogP) is 0.430. The average Bonchev–Trinajstić information content (AvgIpc) is 2.84. The molecular formula is C14H22N4O3. The molecule has 7 heteroatoms. The minimum atomic E-state index is -1.07. The highest BCUT2D eigenvalue weighted by atomic mass is 16.4. The van der Waals surface area contributed by atoms with Crippen molar-refractivity contribution in [3.8, 4) is 0 Å². The number of nitrogens with zero attached hydrogens (tertiary/aromatic N) is 1. The molecule has 1 aliphatic rings. The number of aromatic amines is 1. The summed E-state index contributed by atoms with van der Waals surface area (Å²) in [6, 6.07) is -0.398. The van der Waals surface area contributed by atoms with E-state index >= 15 is 0 Å². The lowest BCUT2D eigenvalue weighted by Crippen LogP contribution is -2.61. The van der Waals surface area contributed by atoms with E-state index in [9.17, 15) is 14.7 Å². The Kier molecular flexibility index (Phi) is 3.79. The van der Waals surface area contributed by atoms with Crippen LogP contribution in [-0.2, 0) is 22.6 Å². The monoisotopic (exact) mass is 294 g/mol. The first-order valence-corrected chi connectivity index (χ1v) is 6.95. The minimum Gasteiger partial charge on any atom is -0.481 e. The van der Waals surface area contributed by atoms with Crippen LogP contribution in [0.4, 0.5) is 0 Å². The van der Waals surface area contributed by atoms with Gasteiger partial charge >= 0.3 is 5.97 Å². The van der Waals surface area contributed by atoms with Gasteiger partial charge in [-0.2, -0.15) is 0 Å². The summed E-state index contributed by atoms with van der Waals surface area (Å²) in [4.78, 5) is 31.0. The van der Waals surface area contributed by atoms with Gasteiger partial charge in [0.1, 0.15) is 0 Å². The van der Waals surface area contributed by atoms with Crippen LogP contribution in [0.2, 0.25) is 0 Å². The molecule has 0 spiro atoms. The maximum atomic E-state index is 12.4. The molecule has 0 radical (unpaired) electrons. The van der Waals surface area contributed by atoms with Crippen molar-refractivity contribution in [2.45, 2.75) is 52.2 Å². The fourth-order valence-corrected chi connectivity index (χ4v) is 2.17. The number of rotatable bonds is 4. The van der Waals surface area contributed by atoms with Crippen molar-refractivity contribution < 1.29 is 14.7 Å².